The van der Waals surface area contributed by atoms with Crippen molar-refractivity contribution in [1.29, 1.82) is 0 Å². The number of carbonyl (C=O) groups is 3. The van der Waals surface area contributed by atoms with Crippen molar-refractivity contribution in [3.63, 3.8) is 0 Å². The topological polar surface area (TPSA) is 84.5 Å². The molecular formula is C18H26N2O4. The van der Waals surface area contributed by atoms with Crippen molar-refractivity contribution in [3.05, 3.63) is 29.8 Å². The van der Waals surface area contributed by atoms with Crippen LogP contribution in [0.1, 0.15) is 44.0 Å². The standard InChI is InChI=1S/C18H26N2O4/c1-18(2,3)17(23)20-11-10-19-16(22)5-4-12-24-15-8-6-14(13-21)7-9-15/h6-9,13H,4-5,10-12H2,1-3H3,(H,19,22)(H,20,23). The Morgan fingerprint density at radius 2 is 1.71 bits per heavy atom. The van der Waals surface area contributed by atoms with Gasteiger partial charge in [-0.2, -0.15) is 0 Å². The van der Waals surface area contributed by atoms with Crippen molar-refractivity contribution in [1.82, 2.24) is 10.6 Å². The number of hydrogen-bond acceptors (Lipinski definition) is 4. The van der Waals surface area contributed by atoms with Crippen LogP contribution in [-0.4, -0.2) is 37.8 Å². The highest BCUT2D eigenvalue weighted by Crippen LogP contribution is 2.12. The van der Waals surface area contributed by atoms with Crippen LogP contribution >= 0.6 is 0 Å². The van der Waals surface area contributed by atoms with E-state index in [1.807, 2.05) is 20.8 Å². The third-order valence-electron chi connectivity index (χ3n) is 3.25. The van der Waals surface area contributed by atoms with E-state index in [-0.39, 0.29) is 11.8 Å². The lowest BCUT2D eigenvalue weighted by atomic mass is 9.96. The number of ether oxygens (including phenoxy) is 1. The third-order valence-corrected chi connectivity index (χ3v) is 3.25. The molecule has 2 N–H and O–H groups in total. The minimum absolute atomic E-state index is 0.0363. The summed E-state index contributed by atoms with van der Waals surface area (Å²) in [6.45, 7) is 6.78. The predicted octanol–water partition coefficient (Wildman–Crippen LogP) is 1.94. The maximum Gasteiger partial charge on any atom is 0.225 e. The first-order valence-corrected chi connectivity index (χ1v) is 8.06. The number of carbonyl (C=O) groups excluding carboxylic acids is 3. The SMILES string of the molecule is CC(C)(C)C(=O)NCCNC(=O)CCCOc1ccc(C=O)cc1. The van der Waals surface area contributed by atoms with E-state index in [0.717, 1.165) is 6.29 Å². The van der Waals surface area contributed by atoms with Crippen LogP contribution in [0.5, 0.6) is 5.75 Å². The van der Waals surface area contributed by atoms with E-state index in [1.165, 1.54) is 0 Å². The maximum absolute atomic E-state index is 11.7. The molecule has 132 valence electrons. The molecule has 6 heteroatoms. The summed E-state index contributed by atoms with van der Waals surface area (Å²) in [5.74, 6) is 0.566. The lowest BCUT2D eigenvalue weighted by Crippen LogP contribution is -2.39. The van der Waals surface area contributed by atoms with Crippen LogP contribution in [0.25, 0.3) is 0 Å². The quantitative estimate of drug-likeness (QED) is 0.534. The molecule has 1 aromatic rings. The summed E-state index contributed by atoms with van der Waals surface area (Å²) in [6.07, 6.45) is 1.73. The van der Waals surface area contributed by atoms with Crippen molar-refractivity contribution in [3.8, 4) is 5.75 Å². The summed E-state index contributed by atoms with van der Waals surface area (Å²) in [5, 5.41) is 5.53. The Morgan fingerprint density at radius 3 is 2.29 bits per heavy atom. The minimum atomic E-state index is -0.425. The van der Waals surface area contributed by atoms with Gasteiger partial charge in [0.15, 0.2) is 0 Å². The van der Waals surface area contributed by atoms with Crippen LogP contribution in [0.15, 0.2) is 24.3 Å². The Labute approximate surface area is 143 Å². The molecule has 0 fully saturated rings. The van der Waals surface area contributed by atoms with Crippen molar-refractivity contribution in [2.45, 2.75) is 33.6 Å². The second-order valence-electron chi connectivity index (χ2n) is 6.49. The first-order chi connectivity index (χ1) is 11.3. The number of nitrogens with one attached hydrogen (secondary N) is 2. The molecule has 0 radical (unpaired) electrons. The number of benzene rings is 1. The second kappa shape index (κ2) is 9.70. The Kier molecular flexibility index (Phi) is 7.95. The van der Waals surface area contributed by atoms with E-state index in [1.54, 1.807) is 24.3 Å². The van der Waals surface area contributed by atoms with Gasteiger partial charge in [0.1, 0.15) is 12.0 Å². The fraction of sp³-hybridized carbons (Fsp3) is 0.500. The molecule has 0 aliphatic carbocycles. The van der Waals surface area contributed by atoms with Crippen molar-refractivity contribution < 1.29 is 19.1 Å². The molecule has 0 spiro atoms. The Bertz CT molecular complexity index is 547. The third kappa shape index (κ3) is 7.76. The fourth-order valence-electron chi connectivity index (χ4n) is 1.80. The lowest BCUT2D eigenvalue weighted by Gasteiger charge is -2.17. The van der Waals surface area contributed by atoms with Crippen LogP contribution in [0.3, 0.4) is 0 Å². The predicted molar refractivity (Wildman–Crippen MR) is 92.0 cm³/mol. The second-order valence-corrected chi connectivity index (χ2v) is 6.49. The smallest absolute Gasteiger partial charge is 0.225 e. The molecule has 0 aromatic heterocycles. The van der Waals surface area contributed by atoms with E-state index < -0.39 is 5.41 Å². The first-order valence-electron chi connectivity index (χ1n) is 8.06. The van der Waals surface area contributed by atoms with Crippen molar-refractivity contribution >= 4 is 18.1 Å². The number of rotatable bonds is 9. The van der Waals surface area contributed by atoms with Gasteiger partial charge in [0.2, 0.25) is 11.8 Å². The summed E-state index contributed by atoms with van der Waals surface area (Å²) in [6, 6.07) is 6.81. The summed E-state index contributed by atoms with van der Waals surface area (Å²) in [7, 11) is 0. The average Bonchev–Trinajstić information content (AvgIpc) is 2.55. The van der Waals surface area contributed by atoms with E-state index in [9.17, 15) is 14.4 Å². The van der Waals surface area contributed by atoms with Gasteiger partial charge in [0.05, 0.1) is 6.61 Å². The van der Waals surface area contributed by atoms with Gasteiger partial charge in [-0.25, -0.2) is 0 Å². The Morgan fingerprint density at radius 1 is 1.08 bits per heavy atom. The molecular weight excluding hydrogens is 308 g/mol. The Hall–Kier alpha value is -2.37. The molecule has 24 heavy (non-hydrogen) atoms. The molecule has 0 saturated carbocycles. The van der Waals surface area contributed by atoms with E-state index in [0.29, 0.717) is 43.9 Å². The fourth-order valence-corrected chi connectivity index (χ4v) is 1.80. The molecule has 0 atom stereocenters. The highest BCUT2D eigenvalue weighted by atomic mass is 16.5. The van der Waals surface area contributed by atoms with Gasteiger partial charge < -0.3 is 15.4 Å². The number of aldehydes is 1. The molecule has 1 rings (SSSR count). The van der Waals surface area contributed by atoms with Crippen LogP contribution in [-0.2, 0) is 9.59 Å². The zero-order chi connectivity index (χ0) is 18.0. The maximum atomic E-state index is 11.7. The Balaban J connectivity index is 2.09. The van der Waals surface area contributed by atoms with Gasteiger partial charge in [-0.1, -0.05) is 20.8 Å². The first kappa shape index (κ1) is 19.7. The van der Waals surface area contributed by atoms with Gasteiger partial charge >= 0.3 is 0 Å². The van der Waals surface area contributed by atoms with Gasteiger partial charge in [-0.15, -0.1) is 0 Å². The molecule has 0 heterocycles. The van der Waals surface area contributed by atoms with Gasteiger partial charge in [0.25, 0.3) is 0 Å². The molecule has 6 nitrogen and oxygen atoms in total. The van der Waals surface area contributed by atoms with Gasteiger partial charge in [-0.05, 0) is 30.7 Å². The lowest BCUT2D eigenvalue weighted by molar-refractivity contribution is -0.128. The van der Waals surface area contributed by atoms with Crippen LogP contribution in [0.2, 0.25) is 0 Å². The van der Waals surface area contributed by atoms with Crippen molar-refractivity contribution in [2.75, 3.05) is 19.7 Å². The average molecular weight is 334 g/mol. The number of hydrogen-bond donors (Lipinski definition) is 2. The molecule has 2 amide bonds. The van der Waals surface area contributed by atoms with Crippen LogP contribution in [0.4, 0.5) is 0 Å². The number of amides is 2. The summed E-state index contributed by atoms with van der Waals surface area (Å²) >= 11 is 0. The van der Waals surface area contributed by atoms with Crippen LogP contribution < -0.4 is 15.4 Å². The largest absolute Gasteiger partial charge is 0.494 e. The molecule has 0 saturated heterocycles. The summed E-state index contributed by atoms with van der Waals surface area (Å²) in [4.78, 5) is 33.8. The van der Waals surface area contributed by atoms with Gasteiger partial charge in [0, 0.05) is 30.5 Å². The highest BCUT2D eigenvalue weighted by Gasteiger charge is 2.20. The minimum Gasteiger partial charge on any atom is -0.494 e. The van der Waals surface area contributed by atoms with Crippen LogP contribution in [0, 0.1) is 5.41 Å². The van der Waals surface area contributed by atoms with E-state index in [4.69, 9.17) is 4.74 Å². The van der Waals surface area contributed by atoms with Crippen molar-refractivity contribution in [2.24, 2.45) is 5.41 Å². The summed E-state index contributed by atoms with van der Waals surface area (Å²) in [5.41, 5.74) is 0.172. The zero-order valence-corrected chi connectivity index (χ0v) is 14.6. The highest BCUT2D eigenvalue weighted by molar-refractivity contribution is 5.81. The zero-order valence-electron chi connectivity index (χ0n) is 14.6. The van der Waals surface area contributed by atoms with E-state index in [2.05, 4.69) is 10.6 Å². The summed E-state index contributed by atoms with van der Waals surface area (Å²) < 4.78 is 5.50. The monoisotopic (exact) mass is 334 g/mol. The molecule has 0 aliphatic heterocycles. The van der Waals surface area contributed by atoms with E-state index >= 15 is 0 Å². The van der Waals surface area contributed by atoms with Gasteiger partial charge in [-0.3, -0.25) is 14.4 Å². The molecule has 1 aromatic carbocycles. The molecule has 0 aliphatic rings. The molecule has 0 unspecified atom stereocenters. The normalized spacial score (nSPS) is 10.8. The molecule has 0 bridgehead atoms.